The van der Waals surface area contributed by atoms with Gasteiger partial charge < -0.3 is 0 Å². The molecule has 2 rings (SSSR count). The molecule has 7 heteroatoms. The van der Waals surface area contributed by atoms with Gasteiger partial charge in [-0.1, -0.05) is 22.0 Å². The van der Waals surface area contributed by atoms with Crippen molar-refractivity contribution in [3.05, 3.63) is 63.6 Å². The predicted molar refractivity (Wildman–Crippen MR) is 101 cm³/mol. The number of alkyl halides is 1. The van der Waals surface area contributed by atoms with Crippen molar-refractivity contribution in [1.82, 2.24) is 0 Å². The Morgan fingerprint density at radius 3 is 2.00 bits per heavy atom. The van der Waals surface area contributed by atoms with Crippen molar-refractivity contribution >= 4 is 79.6 Å². The molecule has 0 fully saturated rings. The van der Waals surface area contributed by atoms with E-state index in [1.54, 1.807) is 12.1 Å². The van der Waals surface area contributed by atoms with E-state index in [9.17, 15) is 8.78 Å². The maximum absolute atomic E-state index is 12.7. The Labute approximate surface area is 164 Å². The van der Waals surface area contributed by atoms with Crippen molar-refractivity contribution in [1.29, 1.82) is 0 Å². The maximum Gasteiger partial charge on any atom is 0.138 e. The molecule has 0 nitrogen and oxygen atoms in total. The summed E-state index contributed by atoms with van der Waals surface area (Å²) in [5.41, 5.74) is 1.67. The van der Waals surface area contributed by atoms with E-state index in [0.29, 0.717) is 10.0 Å². The van der Waals surface area contributed by atoms with E-state index < -0.39 is 6.67 Å². The topological polar surface area (TPSA) is 0 Å². The van der Waals surface area contributed by atoms with Crippen LogP contribution in [0.4, 0.5) is 8.78 Å². The van der Waals surface area contributed by atoms with Crippen LogP contribution in [0.15, 0.2) is 46.6 Å². The van der Waals surface area contributed by atoms with Gasteiger partial charge in [0.2, 0.25) is 0 Å². The lowest BCUT2D eigenvalue weighted by molar-refractivity contribution is 0.483. The second kappa shape index (κ2) is 9.11. The Hall–Kier alpha value is 0.700. The summed E-state index contributed by atoms with van der Waals surface area (Å²) in [6.45, 7) is 1.46. The lowest BCUT2D eigenvalue weighted by atomic mass is 10.2. The molecule has 0 N–H and O–H groups in total. The van der Waals surface area contributed by atoms with E-state index in [-0.39, 0.29) is 5.82 Å². The quantitative estimate of drug-likeness (QED) is 0.225. The molecule has 0 aromatic heterocycles. The van der Waals surface area contributed by atoms with Gasteiger partial charge in [0.25, 0.3) is 0 Å². The van der Waals surface area contributed by atoms with Crippen LogP contribution in [0.3, 0.4) is 0 Å². The first-order valence-electron chi connectivity index (χ1n) is 5.57. The Kier molecular flexibility index (Phi) is 8.56. The van der Waals surface area contributed by atoms with Gasteiger partial charge in [0.05, 0.1) is 4.47 Å². The van der Waals surface area contributed by atoms with Crippen LogP contribution >= 0.6 is 79.6 Å². The lowest BCUT2D eigenvalue weighted by Gasteiger charge is -2.03. The SMILES string of the molecule is Cc1cc(Br)c(F)cc1Br.FCc1ccc(Br)c(Br)c1Br. The Bertz CT molecular complexity index is 593. The fourth-order valence-electron chi connectivity index (χ4n) is 1.29. The molecule has 0 bridgehead atoms. The van der Waals surface area contributed by atoms with Crippen molar-refractivity contribution < 1.29 is 8.78 Å². The van der Waals surface area contributed by atoms with Crippen molar-refractivity contribution in [2.45, 2.75) is 13.6 Å². The molecule has 2 aromatic carbocycles. The highest BCUT2D eigenvalue weighted by molar-refractivity contribution is 9.14. The minimum Gasteiger partial charge on any atom is -0.246 e. The highest BCUT2D eigenvalue weighted by Gasteiger charge is 2.06. The molecule has 21 heavy (non-hydrogen) atoms. The summed E-state index contributed by atoms with van der Waals surface area (Å²) in [6, 6.07) is 6.72. The minimum atomic E-state index is -0.452. The Morgan fingerprint density at radius 1 is 0.857 bits per heavy atom. The maximum atomic E-state index is 12.7. The van der Waals surface area contributed by atoms with Gasteiger partial charge in [-0.05, 0) is 100.0 Å². The summed E-state index contributed by atoms with van der Waals surface area (Å²) in [6.07, 6.45) is 0. The number of aryl methyl sites for hydroxylation is 1. The van der Waals surface area contributed by atoms with Gasteiger partial charge in [-0.25, -0.2) is 8.78 Å². The van der Waals surface area contributed by atoms with Gasteiger partial charge in [0, 0.05) is 17.9 Å². The molecule has 0 saturated heterocycles. The van der Waals surface area contributed by atoms with Gasteiger partial charge in [-0.3, -0.25) is 0 Å². The predicted octanol–water partition coefficient (Wildman–Crippen LogP) is 8.10. The van der Waals surface area contributed by atoms with Gasteiger partial charge in [-0.2, -0.15) is 0 Å². The van der Waals surface area contributed by atoms with Crippen molar-refractivity contribution in [3.8, 4) is 0 Å². The van der Waals surface area contributed by atoms with E-state index in [0.717, 1.165) is 23.5 Å². The highest BCUT2D eigenvalue weighted by atomic mass is 79.9. The smallest absolute Gasteiger partial charge is 0.138 e. The van der Waals surface area contributed by atoms with Crippen LogP contribution < -0.4 is 0 Å². The summed E-state index contributed by atoms with van der Waals surface area (Å²) in [4.78, 5) is 0. The largest absolute Gasteiger partial charge is 0.246 e. The molecule has 0 spiro atoms. The zero-order chi connectivity index (χ0) is 16.2. The van der Waals surface area contributed by atoms with Crippen molar-refractivity contribution in [2.24, 2.45) is 0 Å². The number of hydrogen-bond acceptors (Lipinski definition) is 0. The molecule has 0 atom stereocenters. The van der Waals surface area contributed by atoms with Gasteiger partial charge in [-0.15, -0.1) is 0 Å². The molecule has 0 unspecified atom stereocenters. The molecule has 0 heterocycles. The van der Waals surface area contributed by atoms with Gasteiger partial charge in [0.15, 0.2) is 0 Å². The van der Waals surface area contributed by atoms with Crippen LogP contribution in [0.1, 0.15) is 11.1 Å². The van der Waals surface area contributed by atoms with Crippen LogP contribution in [-0.2, 0) is 6.67 Å². The Balaban J connectivity index is 0.000000211. The third-order valence-electron chi connectivity index (χ3n) is 2.46. The lowest BCUT2D eigenvalue weighted by Crippen LogP contribution is -1.82. The first-order valence-corrected chi connectivity index (χ1v) is 9.54. The molecular weight excluding hydrogens is 606 g/mol. The average molecular weight is 615 g/mol. The Morgan fingerprint density at radius 2 is 1.48 bits per heavy atom. The number of halogens is 7. The molecule has 114 valence electrons. The first kappa shape index (κ1) is 19.7. The zero-order valence-corrected chi connectivity index (χ0v) is 18.6. The van der Waals surface area contributed by atoms with Crippen LogP contribution in [0.5, 0.6) is 0 Å². The summed E-state index contributed by atoms with van der Waals surface area (Å²) in [5.74, 6) is -0.238. The minimum absolute atomic E-state index is 0.238. The monoisotopic (exact) mass is 610 g/mol. The van der Waals surface area contributed by atoms with E-state index in [1.165, 1.54) is 6.07 Å². The summed E-state index contributed by atoms with van der Waals surface area (Å²) in [5, 5.41) is 0. The zero-order valence-electron chi connectivity index (χ0n) is 10.7. The average Bonchev–Trinajstić information content (AvgIpc) is 2.44. The molecular formula is C14H9Br5F2. The molecule has 0 aliphatic carbocycles. The number of hydrogen-bond donors (Lipinski definition) is 0. The van der Waals surface area contributed by atoms with Crippen LogP contribution in [0.2, 0.25) is 0 Å². The summed E-state index contributed by atoms with van der Waals surface area (Å²) in [7, 11) is 0. The highest BCUT2D eigenvalue weighted by Crippen LogP contribution is 2.33. The fraction of sp³-hybridized carbons (Fsp3) is 0.143. The molecule has 0 aliphatic heterocycles. The van der Waals surface area contributed by atoms with Crippen molar-refractivity contribution in [3.63, 3.8) is 0 Å². The standard InChI is InChI=1S/C7H4Br3F.C7H5Br2F/c8-5-2-1-4(3-11)6(9)7(5)10;1-4-2-6(9)7(10)3-5(4)8/h1-2H,3H2;2-3H,1H3. The summed E-state index contributed by atoms with van der Waals surface area (Å²) < 4.78 is 28.8. The van der Waals surface area contributed by atoms with E-state index in [1.807, 2.05) is 13.0 Å². The third-order valence-corrected chi connectivity index (χ3v) is 7.38. The second-order valence-corrected chi connectivity index (χ2v) is 8.13. The molecule has 0 aliphatic rings. The number of benzene rings is 2. The number of rotatable bonds is 1. The van der Waals surface area contributed by atoms with Gasteiger partial charge in [0.1, 0.15) is 12.5 Å². The molecule has 2 aromatic rings. The van der Waals surface area contributed by atoms with Crippen LogP contribution in [0, 0.1) is 12.7 Å². The van der Waals surface area contributed by atoms with Crippen LogP contribution in [-0.4, -0.2) is 0 Å². The van der Waals surface area contributed by atoms with E-state index in [2.05, 4.69) is 79.6 Å². The normalized spacial score (nSPS) is 10.1. The van der Waals surface area contributed by atoms with E-state index >= 15 is 0 Å². The summed E-state index contributed by atoms with van der Waals surface area (Å²) >= 11 is 16.2. The van der Waals surface area contributed by atoms with Gasteiger partial charge >= 0.3 is 0 Å². The van der Waals surface area contributed by atoms with Crippen molar-refractivity contribution in [2.75, 3.05) is 0 Å². The first-order chi connectivity index (χ1) is 9.77. The fourth-order valence-corrected chi connectivity index (χ4v) is 3.50. The molecule has 0 amide bonds. The molecule has 0 radical (unpaired) electrons. The second-order valence-electron chi connectivity index (χ2n) is 3.98. The van der Waals surface area contributed by atoms with E-state index in [4.69, 9.17) is 0 Å². The third kappa shape index (κ3) is 5.68. The molecule has 0 saturated carbocycles. The van der Waals surface area contributed by atoms with Crippen LogP contribution in [0.25, 0.3) is 0 Å².